The number of carboxylic acid groups (broad SMARTS) is 1. The summed E-state index contributed by atoms with van der Waals surface area (Å²) in [4.78, 5) is 22.4. The number of phenolic OH excluding ortho intramolecular Hbond substituents is 2. The van der Waals surface area contributed by atoms with Gasteiger partial charge in [0.15, 0.2) is 11.5 Å². The number of benzene rings is 1. The number of hydrogen-bond acceptors (Lipinski definition) is 5. The first-order valence-corrected chi connectivity index (χ1v) is 5.60. The van der Waals surface area contributed by atoms with Crippen LogP contribution in [0.4, 0.5) is 0 Å². The van der Waals surface area contributed by atoms with Crippen molar-refractivity contribution in [2.75, 3.05) is 0 Å². The van der Waals surface area contributed by atoms with Gasteiger partial charge in [-0.2, -0.15) is 0 Å². The van der Waals surface area contributed by atoms with Crippen molar-refractivity contribution in [3.05, 3.63) is 47.4 Å². The number of carbonyl (C=O) groups is 2. The van der Waals surface area contributed by atoms with Gasteiger partial charge in [0.25, 0.3) is 5.91 Å². The zero-order valence-corrected chi connectivity index (χ0v) is 10.2. The van der Waals surface area contributed by atoms with Crippen LogP contribution in [0.1, 0.15) is 26.7 Å². The van der Waals surface area contributed by atoms with Crippen LogP contribution in [0.3, 0.4) is 0 Å². The molecule has 7 nitrogen and oxygen atoms in total. The predicted octanol–water partition coefficient (Wildman–Crippen LogP) is 1.32. The summed E-state index contributed by atoms with van der Waals surface area (Å²) in [6, 6.07) is 6.70. The first kappa shape index (κ1) is 13.5. The van der Waals surface area contributed by atoms with Gasteiger partial charge < -0.3 is 25.1 Å². The second-order valence-electron chi connectivity index (χ2n) is 3.93. The fourth-order valence-electron chi connectivity index (χ4n) is 1.57. The highest BCUT2D eigenvalue weighted by atomic mass is 16.4. The van der Waals surface area contributed by atoms with E-state index >= 15 is 0 Å². The average Bonchev–Trinajstić information content (AvgIpc) is 2.88. The Hall–Kier alpha value is -2.96. The van der Waals surface area contributed by atoms with E-state index in [2.05, 4.69) is 5.32 Å². The van der Waals surface area contributed by atoms with Crippen LogP contribution in [0, 0.1) is 0 Å². The normalized spacial score (nSPS) is 10.2. The highest BCUT2D eigenvalue weighted by Crippen LogP contribution is 2.27. The van der Waals surface area contributed by atoms with Gasteiger partial charge in [0.1, 0.15) is 5.76 Å². The summed E-state index contributed by atoms with van der Waals surface area (Å²) < 4.78 is 4.96. The second-order valence-corrected chi connectivity index (χ2v) is 3.93. The molecule has 1 heterocycles. The van der Waals surface area contributed by atoms with Crippen LogP contribution >= 0.6 is 0 Å². The number of nitrogens with one attached hydrogen (secondary N) is 1. The van der Waals surface area contributed by atoms with E-state index in [0.717, 1.165) is 0 Å². The largest absolute Gasteiger partial charge is 0.504 e. The molecule has 0 aliphatic heterocycles. The summed E-state index contributed by atoms with van der Waals surface area (Å²) in [5, 5.41) is 29.9. The molecule has 0 saturated heterocycles. The van der Waals surface area contributed by atoms with Gasteiger partial charge in [-0.3, -0.25) is 4.79 Å². The Bertz CT molecular complexity index is 661. The summed E-state index contributed by atoms with van der Waals surface area (Å²) in [5.41, 5.74) is -0.0879. The van der Waals surface area contributed by atoms with Crippen LogP contribution in [0.25, 0.3) is 0 Å². The Balaban J connectivity index is 2.05. The van der Waals surface area contributed by atoms with E-state index in [9.17, 15) is 19.8 Å². The summed E-state index contributed by atoms with van der Waals surface area (Å²) in [6.07, 6.45) is 0. The third kappa shape index (κ3) is 2.72. The molecule has 1 aromatic heterocycles. The summed E-state index contributed by atoms with van der Waals surface area (Å²) in [5.74, 6) is -2.70. The lowest BCUT2D eigenvalue weighted by molar-refractivity contribution is 0.0660. The molecular weight excluding hydrogens is 266 g/mol. The molecule has 0 spiro atoms. The van der Waals surface area contributed by atoms with Gasteiger partial charge in [-0.05, 0) is 24.3 Å². The molecule has 0 radical (unpaired) electrons. The van der Waals surface area contributed by atoms with Crippen molar-refractivity contribution in [2.24, 2.45) is 0 Å². The molecule has 0 aliphatic carbocycles. The van der Waals surface area contributed by atoms with E-state index in [4.69, 9.17) is 9.52 Å². The zero-order chi connectivity index (χ0) is 14.7. The maximum absolute atomic E-state index is 11.8. The molecule has 0 bridgehead atoms. The minimum Gasteiger partial charge on any atom is -0.504 e. The van der Waals surface area contributed by atoms with Crippen LogP contribution in [0.5, 0.6) is 11.5 Å². The second kappa shape index (κ2) is 5.35. The molecule has 104 valence electrons. The molecule has 0 atom stereocenters. The lowest BCUT2D eigenvalue weighted by Crippen LogP contribution is -2.22. The highest BCUT2D eigenvalue weighted by molar-refractivity contribution is 5.97. The molecule has 7 heteroatoms. The minimum atomic E-state index is -1.20. The zero-order valence-electron chi connectivity index (χ0n) is 10.2. The van der Waals surface area contributed by atoms with Crippen molar-refractivity contribution in [1.82, 2.24) is 5.32 Å². The number of carbonyl (C=O) groups excluding carboxylic acids is 1. The van der Waals surface area contributed by atoms with Gasteiger partial charge in [-0.25, -0.2) is 4.79 Å². The van der Waals surface area contributed by atoms with Crippen molar-refractivity contribution in [3.8, 4) is 11.5 Å². The van der Waals surface area contributed by atoms with E-state index in [1.807, 2.05) is 0 Å². The summed E-state index contributed by atoms with van der Waals surface area (Å²) >= 11 is 0. The third-order valence-corrected chi connectivity index (χ3v) is 2.55. The SMILES string of the molecule is O=C(O)c1ccc(CNC(=O)c2cccc(O)c2O)o1. The van der Waals surface area contributed by atoms with Gasteiger partial charge in [0.2, 0.25) is 5.76 Å². The molecule has 2 aromatic rings. The highest BCUT2D eigenvalue weighted by Gasteiger charge is 2.15. The Morgan fingerprint density at radius 2 is 1.90 bits per heavy atom. The number of hydrogen-bond donors (Lipinski definition) is 4. The third-order valence-electron chi connectivity index (χ3n) is 2.55. The Morgan fingerprint density at radius 3 is 2.55 bits per heavy atom. The van der Waals surface area contributed by atoms with E-state index in [0.29, 0.717) is 0 Å². The maximum atomic E-state index is 11.8. The topological polar surface area (TPSA) is 120 Å². The Labute approximate surface area is 113 Å². The van der Waals surface area contributed by atoms with E-state index in [1.54, 1.807) is 0 Å². The molecule has 4 N–H and O–H groups in total. The molecule has 1 aromatic carbocycles. The number of carboxylic acids is 1. The number of furan rings is 1. The predicted molar refractivity (Wildman–Crippen MR) is 66.6 cm³/mol. The monoisotopic (exact) mass is 277 g/mol. The standard InChI is InChI=1S/C13H11NO6/c15-9-3-1-2-8(11(9)16)12(17)14-6-7-4-5-10(20-7)13(18)19/h1-5,15-16H,6H2,(H,14,17)(H,18,19). The Kier molecular flexibility index (Phi) is 3.60. The van der Waals surface area contributed by atoms with Crippen molar-refractivity contribution < 1.29 is 29.3 Å². The molecule has 0 fully saturated rings. The number of aromatic carboxylic acids is 1. The van der Waals surface area contributed by atoms with Crippen molar-refractivity contribution in [1.29, 1.82) is 0 Å². The number of para-hydroxylation sites is 1. The lowest BCUT2D eigenvalue weighted by Gasteiger charge is -2.06. The quantitative estimate of drug-likeness (QED) is 0.625. The molecule has 0 aliphatic rings. The van der Waals surface area contributed by atoms with Gasteiger partial charge >= 0.3 is 5.97 Å². The van der Waals surface area contributed by atoms with Crippen molar-refractivity contribution in [3.63, 3.8) is 0 Å². The van der Waals surface area contributed by atoms with Gasteiger partial charge in [-0.1, -0.05) is 6.07 Å². The molecule has 0 saturated carbocycles. The number of phenols is 2. The first-order valence-electron chi connectivity index (χ1n) is 5.60. The number of rotatable bonds is 4. The minimum absolute atomic E-state index is 0.0405. The fraction of sp³-hybridized carbons (Fsp3) is 0.0769. The maximum Gasteiger partial charge on any atom is 0.371 e. The first-order chi connectivity index (χ1) is 9.49. The van der Waals surface area contributed by atoms with Crippen molar-refractivity contribution >= 4 is 11.9 Å². The number of amides is 1. The fourth-order valence-corrected chi connectivity index (χ4v) is 1.57. The molecule has 20 heavy (non-hydrogen) atoms. The van der Waals surface area contributed by atoms with Crippen LogP contribution < -0.4 is 5.32 Å². The van der Waals surface area contributed by atoms with Crippen molar-refractivity contribution in [2.45, 2.75) is 6.54 Å². The molecular formula is C13H11NO6. The summed E-state index contributed by atoms with van der Waals surface area (Å²) in [7, 11) is 0. The molecule has 1 amide bonds. The Morgan fingerprint density at radius 1 is 1.15 bits per heavy atom. The van der Waals surface area contributed by atoms with Gasteiger partial charge in [-0.15, -0.1) is 0 Å². The van der Waals surface area contributed by atoms with Crippen LogP contribution in [0.2, 0.25) is 0 Å². The van der Waals surface area contributed by atoms with E-state index < -0.39 is 23.4 Å². The van der Waals surface area contributed by atoms with Crippen LogP contribution in [-0.4, -0.2) is 27.2 Å². The van der Waals surface area contributed by atoms with Crippen LogP contribution in [-0.2, 0) is 6.54 Å². The lowest BCUT2D eigenvalue weighted by atomic mass is 10.1. The smallest absolute Gasteiger partial charge is 0.371 e. The van der Waals surface area contributed by atoms with Gasteiger partial charge in [0, 0.05) is 0 Å². The number of aromatic hydroxyl groups is 2. The van der Waals surface area contributed by atoms with Crippen LogP contribution in [0.15, 0.2) is 34.7 Å². The molecule has 0 unspecified atom stereocenters. The van der Waals surface area contributed by atoms with Gasteiger partial charge in [0.05, 0.1) is 12.1 Å². The van der Waals surface area contributed by atoms with E-state index in [-0.39, 0.29) is 23.6 Å². The average molecular weight is 277 g/mol. The summed E-state index contributed by atoms with van der Waals surface area (Å²) in [6.45, 7) is -0.0405. The van der Waals surface area contributed by atoms with E-state index in [1.165, 1.54) is 30.3 Å². The molecule has 2 rings (SSSR count).